The number of pyridine rings is 3. The molecule has 0 unspecified atom stereocenters. The number of hydrogen-bond donors (Lipinski definition) is 1. The zero-order valence-electron chi connectivity index (χ0n) is 22.0. The Morgan fingerprint density at radius 3 is 2.21 bits per heavy atom. The Kier molecular flexibility index (Phi) is 6.64. The first-order chi connectivity index (χ1) is 18.3. The van der Waals surface area contributed by atoms with Crippen LogP contribution in [0.4, 0.5) is 0 Å². The largest absolute Gasteiger partial charge is 0.402 e. The molecule has 0 radical (unpaired) electrons. The van der Waals surface area contributed by atoms with Crippen molar-refractivity contribution in [2.75, 3.05) is 0 Å². The van der Waals surface area contributed by atoms with E-state index < -0.39 is 5.54 Å². The van der Waals surface area contributed by atoms with E-state index in [9.17, 15) is 4.79 Å². The maximum atomic E-state index is 12.5. The van der Waals surface area contributed by atoms with Crippen molar-refractivity contribution in [1.82, 2.24) is 19.5 Å². The van der Waals surface area contributed by atoms with Crippen LogP contribution in [0, 0.1) is 0 Å². The first kappa shape index (κ1) is 25.1. The Labute approximate surface area is 223 Å². The minimum atomic E-state index is -0.755. The third-order valence-corrected chi connectivity index (χ3v) is 7.27. The highest BCUT2D eigenvalue weighted by Crippen LogP contribution is 2.40. The van der Waals surface area contributed by atoms with E-state index in [4.69, 9.17) is 20.7 Å². The van der Waals surface area contributed by atoms with Gasteiger partial charge in [0.1, 0.15) is 5.54 Å². The maximum Gasteiger partial charge on any atom is 0.162 e. The van der Waals surface area contributed by atoms with E-state index in [0.717, 1.165) is 40.8 Å². The zero-order chi connectivity index (χ0) is 26.9. The molecule has 6 nitrogen and oxygen atoms in total. The van der Waals surface area contributed by atoms with Crippen LogP contribution in [-0.4, -0.2) is 25.3 Å². The fraction of sp³-hybridized carbons (Fsp3) is 0.188. The Hall–Kier alpha value is -4.58. The topological polar surface area (TPSA) is 86.7 Å². The quantitative estimate of drug-likeness (QED) is 0.304. The summed E-state index contributed by atoms with van der Waals surface area (Å²) in [6, 6.07) is 13.8. The molecule has 1 aliphatic carbocycles. The van der Waals surface area contributed by atoms with E-state index in [2.05, 4.69) is 36.4 Å². The van der Waals surface area contributed by atoms with E-state index in [-0.39, 0.29) is 5.78 Å². The van der Waals surface area contributed by atoms with Crippen LogP contribution in [-0.2, 0) is 10.3 Å². The molecule has 0 spiro atoms. The van der Waals surface area contributed by atoms with Crippen molar-refractivity contribution in [3.63, 3.8) is 0 Å². The van der Waals surface area contributed by atoms with E-state index in [1.54, 1.807) is 25.5 Å². The molecule has 0 bridgehead atoms. The molecule has 0 atom stereocenters. The van der Waals surface area contributed by atoms with Crippen molar-refractivity contribution in [2.24, 2.45) is 5.73 Å². The SMILES string of the molecule is C=CC1=CC=C(c2cn(C(C)(c3ccccn3)c3ccccn3)c3cc(C(C(C)=O)=C(C)N)cnc23)CC1. The molecule has 0 aliphatic heterocycles. The predicted molar refractivity (Wildman–Crippen MR) is 153 cm³/mol. The average Bonchev–Trinajstić information content (AvgIpc) is 3.32. The molecule has 4 heterocycles. The fourth-order valence-electron chi connectivity index (χ4n) is 5.28. The smallest absolute Gasteiger partial charge is 0.162 e. The van der Waals surface area contributed by atoms with E-state index >= 15 is 0 Å². The number of nitrogens with zero attached hydrogens (tertiary/aromatic N) is 4. The van der Waals surface area contributed by atoms with Gasteiger partial charge in [-0.3, -0.25) is 19.7 Å². The second-order valence-electron chi connectivity index (χ2n) is 9.76. The van der Waals surface area contributed by atoms with Crippen molar-refractivity contribution in [3.05, 3.63) is 126 Å². The molecule has 0 fully saturated rings. The normalized spacial score (nSPS) is 14.5. The molecular formula is C32H31N5O. The van der Waals surface area contributed by atoms with Crippen LogP contribution in [0.1, 0.15) is 56.1 Å². The second-order valence-corrected chi connectivity index (χ2v) is 9.76. The minimum absolute atomic E-state index is 0.0984. The van der Waals surface area contributed by atoms with Crippen LogP contribution in [0.5, 0.6) is 0 Å². The first-order valence-electron chi connectivity index (χ1n) is 12.7. The highest BCUT2D eigenvalue weighted by molar-refractivity contribution is 6.20. The lowest BCUT2D eigenvalue weighted by Crippen LogP contribution is -2.34. The predicted octanol–water partition coefficient (Wildman–Crippen LogP) is 6.21. The highest BCUT2D eigenvalue weighted by Gasteiger charge is 2.36. The number of fused-ring (bicyclic) bond motifs is 1. The second kappa shape index (κ2) is 10.1. The molecule has 5 rings (SSSR count). The third-order valence-electron chi connectivity index (χ3n) is 7.27. The van der Waals surface area contributed by atoms with Crippen LogP contribution < -0.4 is 5.73 Å². The number of ketones is 1. The number of carbonyl (C=O) groups is 1. The summed E-state index contributed by atoms with van der Waals surface area (Å²) < 4.78 is 2.19. The van der Waals surface area contributed by atoms with Crippen molar-refractivity contribution in [2.45, 2.75) is 39.2 Å². The number of allylic oxidation sites excluding steroid dienone is 7. The molecule has 4 aromatic heterocycles. The Morgan fingerprint density at radius 1 is 1.03 bits per heavy atom. The number of carbonyl (C=O) groups excluding carboxylic acids is 1. The van der Waals surface area contributed by atoms with Crippen molar-refractivity contribution < 1.29 is 4.79 Å². The summed E-state index contributed by atoms with van der Waals surface area (Å²) >= 11 is 0. The van der Waals surface area contributed by atoms with Gasteiger partial charge in [-0.05, 0) is 75.1 Å². The zero-order valence-corrected chi connectivity index (χ0v) is 22.0. The molecule has 0 saturated heterocycles. The molecule has 6 heteroatoms. The standard InChI is InChI=1S/C32H31N5O/c1-5-23-12-14-24(15-13-23)26-20-37(27-18-25(19-36-31(26)27)30(21(2)33)22(3)38)32(4,28-10-6-8-16-34-28)29-11-7-9-17-35-29/h5-12,14,16-20H,1,13,15,33H2,2-4H3. The Morgan fingerprint density at radius 2 is 1.71 bits per heavy atom. The van der Waals surface area contributed by atoms with Gasteiger partial charge in [-0.15, -0.1) is 0 Å². The lowest BCUT2D eigenvalue weighted by molar-refractivity contribution is -0.111. The monoisotopic (exact) mass is 501 g/mol. The molecule has 0 aromatic carbocycles. The summed E-state index contributed by atoms with van der Waals surface area (Å²) in [5.41, 5.74) is 13.9. The van der Waals surface area contributed by atoms with E-state index in [1.807, 2.05) is 48.5 Å². The minimum Gasteiger partial charge on any atom is -0.402 e. The van der Waals surface area contributed by atoms with Gasteiger partial charge in [-0.2, -0.15) is 0 Å². The molecule has 0 amide bonds. The lowest BCUT2D eigenvalue weighted by atomic mass is 9.91. The number of rotatable bonds is 7. The Bertz CT molecular complexity index is 1580. The third kappa shape index (κ3) is 4.28. The van der Waals surface area contributed by atoms with Crippen LogP contribution in [0.2, 0.25) is 0 Å². The summed E-state index contributed by atoms with van der Waals surface area (Å²) in [6.07, 6.45) is 15.5. The number of hydrogen-bond acceptors (Lipinski definition) is 5. The first-order valence-corrected chi connectivity index (χ1v) is 12.7. The molecule has 0 saturated carbocycles. The van der Waals surface area contributed by atoms with E-state index in [1.165, 1.54) is 18.1 Å². The molecule has 190 valence electrons. The molecule has 1 aliphatic rings. The van der Waals surface area contributed by atoms with Crippen molar-refractivity contribution in [1.29, 1.82) is 0 Å². The van der Waals surface area contributed by atoms with Crippen molar-refractivity contribution in [3.8, 4) is 0 Å². The van der Waals surface area contributed by atoms with Gasteiger partial charge in [0.15, 0.2) is 5.78 Å². The molecule has 2 N–H and O–H groups in total. The van der Waals surface area contributed by atoms with Gasteiger partial charge >= 0.3 is 0 Å². The van der Waals surface area contributed by atoms with Gasteiger partial charge < -0.3 is 10.3 Å². The summed E-state index contributed by atoms with van der Waals surface area (Å²) in [7, 11) is 0. The van der Waals surface area contributed by atoms with Crippen LogP contribution >= 0.6 is 0 Å². The molecule has 4 aromatic rings. The summed E-state index contributed by atoms with van der Waals surface area (Å²) in [5.74, 6) is -0.0984. The van der Waals surface area contributed by atoms with Gasteiger partial charge in [0.05, 0.1) is 22.4 Å². The highest BCUT2D eigenvalue weighted by atomic mass is 16.1. The van der Waals surface area contributed by atoms with Gasteiger partial charge in [0.2, 0.25) is 0 Å². The van der Waals surface area contributed by atoms with Gasteiger partial charge in [0, 0.05) is 47.2 Å². The molecule has 38 heavy (non-hydrogen) atoms. The van der Waals surface area contributed by atoms with Gasteiger partial charge in [0.25, 0.3) is 0 Å². The maximum absolute atomic E-state index is 12.5. The number of aromatic nitrogens is 4. The number of Topliss-reactive ketones (excluding diaryl/α,β-unsaturated/α-hetero) is 1. The Balaban J connectivity index is 1.86. The van der Waals surface area contributed by atoms with Crippen LogP contribution in [0.25, 0.3) is 22.2 Å². The fourth-order valence-corrected chi connectivity index (χ4v) is 5.28. The number of nitrogens with two attached hydrogens (primary N) is 1. The average molecular weight is 502 g/mol. The summed E-state index contributed by atoms with van der Waals surface area (Å²) in [4.78, 5) is 27.0. The van der Waals surface area contributed by atoms with Crippen molar-refractivity contribution >= 4 is 28.0 Å². The van der Waals surface area contributed by atoms with Crippen LogP contribution in [0.3, 0.4) is 0 Å². The van der Waals surface area contributed by atoms with Crippen LogP contribution in [0.15, 0.2) is 103 Å². The summed E-state index contributed by atoms with van der Waals surface area (Å²) in [5, 5.41) is 0. The molecular weight excluding hydrogens is 470 g/mol. The van der Waals surface area contributed by atoms with E-state index in [0.29, 0.717) is 16.8 Å². The summed E-state index contributed by atoms with van der Waals surface area (Å²) in [6.45, 7) is 9.31. The van der Waals surface area contributed by atoms with Gasteiger partial charge in [-0.25, -0.2) is 0 Å². The lowest BCUT2D eigenvalue weighted by Gasteiger charge is -2.31. The van der Waals surface area contributed by atoms with Gasteiger partial charge in [-0.1, -0.05) is 36.9 Å².